The number of nitrogens with zero attached hydrogens (tertiary/aromatic N) is 3. The summed E-state index contributed by atoms with van der Waals surface area (Å²) in [4.78, 5) is 9.10. The average molecular weight is 343 g/mol. The number of halogens is 1. The van der Waals surface area contributed by atoms with E-state index in [1.165, 1.54) is 6.07 Å². The van der Waals surface area contributed by atoms with E-state index in [2.05, 4.69) is 9.80 Å². The Kier molecular flexibility index (Phi) is 3.98. The predicted molar refractivity (Wildman–Crippen MR) is 97.0 cm³/mol. The highest BCUT2D eigenvalue weighted by atomic mass is 32.1. The fourth-order valence-corrected chi connectivity index (χ4v) is 4.05. The van der Waals surface area contributed by atoms with Crippen molar-refractivity contribution in [3.63, 3.8) is 0 Å². The molecule has 1 aromatic heterocycles. The number of rotatable bonds is 3. The van der Waals surface area contributed by atoms with Crippen molar-refractivity contribution in [1.82, 2.24) is 4.98 Å². The quantitative estimate of drug-likeness (QED) is 0.724. The molecule has 6 heteroatoms. The zero-order valence-corrected chi connectivity index (χ0v) is 14.2. The number of piperazine rings is 1. The molecule has 4 rings (SSSR count). The molecule has 24 heavy (non-hydrogen) atoms. The molecule has 0 radical (unpaired) electrons. The molecule has 0 bridgehead atoms. The van der Waals surface area contributed by atoms with Crippen LogP contribution in [-0.4, -0.2) is 38.3 Å². The molecule has 3 aromatic rings. The van der Waals surface area contributed by atoms with E-state index in [1.54, 1.807) is 24.5 Å². The van der Waals surface area contributed by atoms with Gasteiger partial charge in [0.1, 0.15) is 11.6 Å². The van der Waals surface area contributed by atoms with Gasteiger partial charge in [0.05, 0.1) is 23.0 Å². The summed E-state index contributed by atoms with van der Waals surface area (Å²) in [6, 6.07) is 12.9. The van der Waals surface area contributed by atoms with Gasteiger partial charge in [0.25, 0.3) is 0 Å². The van der Waals surface area contributed by atoms with Gasteiger partial charge in [0.15, 0.2) is 5.13 Å². The van der Waals surface area contributed by atoms with E-state index in [0.717, 1.165) is 47.3 Å². The lowest BCUT2D eigenvalue weighted by Gasteiger charge is -2.36. The second-order valence-electron chi connectivity index (χ2n) is 5.76. The zero-order valence-electron chi connectivity index (χ0n) is 13.4. The van der Waals surface area contributed by atoms with Crippen LogP contribution in [0.2, 0.25) is 0 Å². The van der Waals surface area contributed by atoms with Crippen LogP contribution in [0.25, 0.3) is 10.2 Å². The van der Waals surface area contributed by atoms with Gasteiger partial charge in [-0.25, -0.2) is 9.37 Å². The lowest BCUT2D eigenvalue weighted by atomic mass is 10.2. The van der Waals surface area contributed by atoms with Crippen molar-refractivity contribution < 1.29 is 9.13 Å². The van der Waals surface area contributed by atoms with E-state index in [-0.39, 0.29) is 5.82 Å². The van der Waals surface area contributed by atoms with Crippen LogP contribution in [0.15, 0.2) is 42.5 Å². The maximum Gasteiger partial charge on any atom is 0.186 e. The first-order valence-corrected chi connectivity index (χ1v) is 8.75. The molecular formula is C18H18FN3OS. The van der Waals surface area contributed by atoms with E-state index in [9.17, 15) is 4.39 Å². The lowest BCUT2D eigenvalue weighted by molar-refractivity contribution is 0.415. The summed E-state index contributed by atoms with van der Waals surface area (Å²) in [5.41, 5.74) is 1.68. The van der Waals surface area contributed by atoms with Crippen LogP contribution >= 0.6 is 11.3 Å². The maximum absolute atomic E-state index is 13.9. The fraction of sp³-hybridized carbons (Fsp3) is 0.278. The Morgan fingerprint density at radius 3 is 2.54 bits per heavy atom. The molecule has 0 spiro atoms. The lowest BCUT2D eigenvalue weighted by Crippen LogP contribution is -2.46. The van der Waals surface area contributed by atoms with E-state index >= 15 is 0 Å². The number of hydrogen-bond acceptors (Lipinski definition) is 5. The van der Waals surface area contributed by atoms with Gasteiger partial charge in [0.2, 0.25) is 0 Å². The van der Waals surface area contributed by atoms with Crippen molar-refractivity contribution in [3.05, 3.63) is 48.3 Å². The summed E-state index contributed by atoms with van der Waals surface area (Å²) in [7, 11) is 1.67. The number of fused-ring (bicyclic) bond motifs is 1. The number of methoxy groups -OCH3 is 1. The summed E-state index contributed by atoms with van der Waals surface area (Å²) in [6.45, 7) is 3.26. The van der Waals surface area contributed by atoms with E-state index in [4.69, 9.17) is 9.72 Å². The predicted octanol–water partition coefficient (Wildman–Crippen LogP) is 3.77. The normalized spacial score (nSPS) is 15.1. The van der Waals surface area contributed by atoms with Gasteiger partial charge in [-0.1, -0.05) is 23.5 Å². The van der Waals surface area contributed by atoms with Gasteiger partial charge in [-0.05, 0) is 30.3 Å². The molecule has 1 saturated heterocycles. The summed E-state index contributed by atoms with van der Waals surface area (Å²) in [5.74, 6) is 0.695. The molecule has 0 N–H and O–H groups in total. The third-order valence-corrected chi connectivity index (χ3v) is 5.41. The van der Waals surface area contributed by atoms with Crippen LogP contribution in [0.3, 0.4) is 0 Å². The number of anilines is 2. The summed E-state index contributed by atoms with van der Waals surface area (Å²) >= 11 is 1.68. The van der Waals surface area contributed by atoms with Crippen LogP contribution < -0.4 is 14.5 Å². The third-order valence-electron chi connectivity index (χ3n) is 4.33. The van der Waals surface area contributed by atoms with Gasteiger partial charge in [-0.15, -0.1) is 0 Å². The minimum Gasteiger partial charge on any atom is -0.497 e. The minimum atomic E-state index is -0.155. The Labute approximate surface area is 144 Å². The number of aromatic nitrogens is 1. The van der Waals surface area contributed by atoms with Crippen molar-refractivity contribution >= 4 is 32.4 Å². The number of hydrogen-bond donors (Lipinski definition) is 0. The van der Waals surface area contributed by atoms with Gasteiger partial charge >= 0.3 is 0 Å². The maximum atomic E-state index is 13.9. The first-order chi connectivity index (χ1) is 11.7. The number of para-hydroxylation sites is 1. The highest BCUT2D eigenvalue weighted by Gasteiger charge is 2.21. The highest BCUT2D eigenvalue weighted by molar-refractivity contribution is 7.22. The molecule has 0 amide bonds. The van der Waals surface area contributed by atoms with Crippen LogP contribution in [0, 0.1) is 5.82 Å². The molecule has 0 saturated carbocycles. The third kappa shape index (κ3) is 2.78. The molecule has 124 valence electrons. The fourth-order valence-electron chi connectivity index (χ4n) is 3.00. The molecule has 1 fully saturated rings. The molecule has 0 unspecified atom stereocenters. The topological polar surface area (TPSA) is 28.6 Å². The van der Waals surface area contributed by atoms with Crippen LogP contribution in [-0.2, 0) is 0 Å². The van der Waals surface area contributed by atoms with Gasteiger partial charge < -0.3 is 14.5 Å². The number of thiazole rings is 1. The monoisotopic (exact) mass is 343 g/mol. The summed E-state index contributed by atoms with van der Waals surface area (Å²) < 4.78 is 20.3. The van der Waals surface area contributed by atoms with Crippen molar-refractivity contribution in [2.75, 3.05) is 43.1 Å². The molecule has 1 aliphatic rings. The van der Waals surface area contributed by atoms with E-state index < -0.39 is 0 Å². The Hall–Kier alpha value is -2.34. The molecule has 4 nitrogen and oxygen atoms in total. The standard InChI is InChI=1S/C18H18FN3OS/c1-23-13-6-7-15-17(12-13)24-18(20-15)22-10-8-21(9-11-22)16-5-3-2-4-14(16)19/h2-7,12H,8-11H2,1H3. The van der Waals surface area contributed by atoms with Crippen molar-refractivity contribution in [2.24, 2.45) is 0 Å². The molecule has 0 atom stereocenters. The molecule has 0 aliphatic carbocycles. The van der Waals surface area contributed by atoms with Crippen molar-refractivity contribution in [1.29, 1.82) is 0 Å². The van der Waals surface area contributed by atoms with E-state index in [1.807, 2.05) is 30.3 Å². The van der Waals surface area contributed by atoms with Crippen molar-refractivity contribution in [3.8, 4) is 5.75 Å². The van der Waals surface area contributed by atoms with E-state index in [0.29, 0.717) is 5.69 Å². The number of benzene rings is 2. The van der Waals surface area contributed by atoms with Crippen LogP contribution in [0.4, 0.5) is 15.2 Å². The Morgan fingerprint density at radius 2 is 1.79 bits per heavy atom. The van der Waals surface area contributed by atoms with Crippen molar-refractivity contribution in [2.45, 2.75) is 0 Å². The van der Waals surface area contributed by atoms with Gasteiger partial charge in [0, 0.05) is 26.2 Å². The molecule has 1 aliphatic heterocycles. The summed E-state index contributed by atoms with van der Waals surface area (Å²) in [5, 5.41) is 1.02. The average Bonchev–Trinajstić information content (AvgIpc) is 3.05. The second-order valence-corrected chi connectivity index (χ2v) is 6.76. The Morgan fingerprint density at radius 1 is 1.04 bits per heavy atom. The van der Waals surface area contributed by atoms with Gasteiger partial charge in [-0.2, -0.15) is 0 Å². The minimum absolute atomic E-state index is 0.155. The first kappa shape index (κ1) is 15.2. The summed E-state index contributed by atoms with van der Waals surface area (Å²) in [6.07, 6.45) is 0. The Bertz CT molecular complexity index is 858. The molecular weight excluding hydrogens is 325 g/mol. The van der Waals surface area contributed by atoms with Crippen LogP contribution in [0.1, 0.15) is 0 Å². The second kappa shape index (κ2) is 6.28. The highest BCUT2D eigenvalue weighted by Crippen LogP contribution is 2.32. The number of ether oxygens (including phenoxy) is 1. The zero-order chi connectivity index (χ0) is 16.5. The molecule has 2 heterocycles. The Balaban J connectivity index is 1.50. The first-order valence-electron chi connectivity index (χ1n) is 7.93. The van der Waals surface area contributed by atoms with Crippen LogP contribution in [0.5, 0.6) is 5.75 Å². The smallest absolute Gasteiger partial charge is 0.186 e. The van der Waals surface area contributed by atoms with Gasteiger partial charge in [-0.3, -0.25) is 0 Å². The SMILES string of the molecule is COc1ccc2nc(N3CCN(c4ccccc4F)CC3)sc2c1. The molecule has 2 aromatic carbocycles. The largest absolute Gasteiger partial charge is 0.497 e.